The van der Waals surface area contributed by atoms with Crippen molar-refractivity contribution in [3.05, 3.63) is 41.5 Å². The molecular weight excluding hydrogens is 354 g/mol. The van der Waals surface area contributed by atoms with Crippen LogP contribution in [0.1, 0.15) is 49.6 Å². The van der Waals surface area contributed by atoms with E-state index in [1.165, 1.54) is 16.8 Å². The van der Waals surface area contributed by atoms with E-state index in [0.717, 1.165) is 57.0 Å². The average Bonchev–Trinajstić information content (AvgIpc) is 3.17. The van der Waals surface area contributed by atoms with Crippen LogP contribution in [0.2, 0.25) is 0 Å². The number of ether oxygens (including phenoxy) is 3. The quantitative estimate of drug-likeness (QED) is 0.788. The van der Waals surface area contributed by atoms with Crippen molar-refractivity contribution in [3.63, 3.8) is 0 Å². The first-order chi connectivity index (χ1) is 13.6. The molecule has 1 saturated heterocycles. The van der Waals surface area contributed by atoms with Gasteiger partial charge in [0.05, 0.1) is 38.4 Å². The number of benzene rings is 1. The number of aromatic nitrogens is 2. The molecule has 0 N–H and O–H groups in total. The zero-order valence-electron chi connectivity index (χ0n) is 17.4. The normalized spacial score (nSPS) is 19.0. The number of rotatable bonds is 5. The van der Waals surface area contributed by atoms with Crippen LogP contribution in [0.15, 0.2) is 24.7 Å². The molecule has 0 unspecified atom stereocenters. The molecule has 28 heavy (non-hydrogen) atoms. The van der Waals surface area contributed by atoms with Crippen LogP contribution >= 0.6 is 0 Å². The molecular formula is C22H31N3O3. The minimum absolute atomic E-state index is 0.206. The van der Waals surface area contributed by atoms with Crippen molar-refractivity contribution in [3.8, 4) is 11.5 Å². The van der Waals surface area contributed by atoms with Gasteiger partial charge in [0.25, 0.3) is 0 Å². The van der Waals surface area contributed by atoms with E-state index in [-0.39, 0.29) is 5.60 Å². The van der Waals surface area contributed by atoms with E-state index in [1.807, 2.05) is 12.5 Å². The summed E-state index contributed by atoms with van der Waals surface area (Å²) < 4.78 is 19.7. The van der Waals surface area contributed by atoms with Gasteiger partial charge in [0.2, 0.25) is 0 Å². The van der Waals surface area contributed by atoms with Crippen LogP contribution in [0.3, 0.4) is 0 Å². The highest BCUT2D eigenvalue weighted by Gasteiger charge is 2.41. The van der Waals surface area contributed by atoms with Gasteiger partial charge in [0.15, 0.2) is 11.5 Å². The Morgan fingerprint density at radius 3 is 2.54 bits per heavy atom. The van der Waals surface area contributed by atoms with E-state index < -0.39 is 0 Å². The molecule has 6 heteroatoms. The zero-order chi connectivity index (χ0) is 19.7. The maximum Gasteiger partial charge on any atom is 0.161 e. The number of hydrogen-bond acceptors (Lipinski definition) is 5. The largest absolute Gasteiger partial charge is 0.493 e. The van der Waals surface area contributed by atoms with E-state index in [1.54, 1.807) is 14.2 Å². The summed E-state index contributed by atoms with van der Waals surface area (Å²) >= 11 is 0. The van der Waals surface area contributed by atoms with Crippen molar-refractivity contribution >= 4 is 0 Å². The van der Waals surface area contributed by atoms with Gasteiger partial charge < -0.3 is 18.8 Å². The predicted octanol–water partition coefficient (Wildman–Crippen LogP) is 3.55. The van der Waals surface area contributed by atoms with Gasteiger partial charge in [-0.15, -0.1) is 0 Å². The third kappa shape index (κ3) is 3.40. The summed E-state index contributed by atoms with van der Waals surface area (Å²) in [6.45, 7) is 8.12. The Hall–Kier alpha value is -2.05. The lowest BCUT2D eigenvalue weighted by atomic mass is 9.79. The van der Waals surface area contributed by atoms with E-state index in [0.29, 0.717) is 6.04 Å². The monoisotopic (exact) mass is 385 g/mol. The Kier molecular flexibility index (Phi) is 5.34. The Morgan fingerprint density at radius 1 is 1.14 bits per heavy atom. The molecule has 1 spiro atoms. The molecule has 0 saturated carbocycles. The Balaban J connectivity index is 1.52. The molecule has 1 fully saturated rings. The van der Waals surface area contributed by atoms with Gasteiger partial charge in [0.1, 0.15) is 0 Å². The molecule has 2 aliphatic heterocycles. The van der Waals surface area contributed by atoms with Crippen molar-refractivity contribution in [2.75, 3.05) is 33.9 Å². The van der Waals surface area contributed by atoms with Gasteiger partial charge in [-0.1, -0.05) is 0 Å². The SMILES string of the molecule is COc1cc2c(cc1OC)C1(CCN(Cc3cncn3C(C)C)CC1)OCC2. The smallest absolute Gasteiger partial charge is 0.161 e. The Bertz CT molecular complexity index is 822. The molecule has 0 atom stereocenters. The van der Waals surface area contributed by atoms with Gasteiger partial charge >= 0.3 is 0 Å². The lowest BCUT2D eigenvalue weighted by Gasteiger charge is -2.45. The summed E-state index contributed by atoms with van der Waals surface area (Å²) in [4.78, 5) is 6.86. The van der Waals surface area contributed by atoms with Crippen LogP contribution in [-0.4, -0.2) is 48.4 Å². The molecule has 0 aliphatic carbocycles. The van der Waals surface area contributed by atoms with Gasteiger partial charge in [-0.25, -0.2) is 4.98 Å². The number of hydrogen-bond donors (Lipinski definition) is 0. The lowest BCUT2D eigenvalue weighted by molar-refractivity contribution is -0.0992. The first kappa shape index (κ1) is 19.3. The van der Waals surface area contributed by atoms with Gasteiger partial charge in [-0.05, 0) is 56.4 Å². The van der Waals surface area contributed by atoms with Crippen LogP contribution in [0.5, 0.6) is 11.5 Å². The van der Waals surface area contributed by atoms with E-state index in [2.05, 4.69) is 40.4 Å². The summed E-state index contributed by atoms with van der Waals surface area (Å²) in [6.07, 6.45) is 6.84. The van der Waals surface area contributed by atoms with Crippen LogP contribution in [0.25, 0.3) is 0 Å². The molecule has 2 aliphatic rings. The molecule has 0 amide bonds. The number of imidazole rings is 1. The molecule has 3 heterocycles. The van der Waals surface area contributed by atoms with Gasteiger partial charge in [0, 0.05) is 31.9 Å². The molecule has 0 bridgehead atoms. The highest BCUT2D eigenvalue weighted by Crippen LogP contribution is 2.45. The average molecular weight is 386 g/mol. The predicted molar refractivity (Wildman–Crippen MR) is 108 cm³/mol. The number of piperidine rings is 1. The van der Waals surface area contributed by atoms with Crippen molar-refractivity contribution in [2.45, 2.75) is 51.3 Å². The molecule has 2 aromatic rings. The maximum absolute atomic E-state index is 6.41. The molecule has 1 aromatic heterocycles. The summed E-state index contributed by atoms with van der Waals surface area (Å²) in [5.41, 5.74) is 3.68. The van der Waals surface area contributed by atoms with Crippen molar-refractivity contribution in [1.82, 2.24) is 14.5 Å². The highest BCUT2D eigenvalue weighted by atomic mass is 16.5. The topological polar surface area (TPSA) is 48.8 Å². The second-order valence-electron chi connectivity index (χ2n) is 8.12. The minimum Gasteiger partial charge on any atom is -0.493 e. The van der Waals surface area contributed by atoms with Gasteiger partial charge in [-0.3, -0.25) is 4.90 Å². The van der Waals surface area contributed by atoms with Crippen LogP contribution in [-0.2, 0) is 23.3 Å². The fourth-order valence-corrected chi connectivity index (χ4v) is 4.62. The second kappa shape index (κ2) is 7.76. The maximum atomic E-state index is 6.41. The third-order valence-electron chi connectivity index (χ3n) is 6.20. The van der Waals surface area contributed by atoms with Crippen molar-refractivity contribution < 1.29 is 14.2 Å². The summed E-state index contributed by atoms with van der Waals surface area (Å²) in [5.74, 6) is 1.59. The van der Waals surface area contributed by atoms with Crippen LogP contribution < -0.4 is 9.47 Å². The summed E-state index contributed by atoms with van der Waals surface area (Å²) in [7, 11) is 3.39. The summed E-state index contributed by atoms with van der Waals surface area (Å²) in [5, 5.41) is 0. The second-order valence-corrected chi connectivity index (χ2v) is 8.12. The molecule has 0 radical (unpaired) electrons. The van der Waals surface area contributed by atoms with Crippen LogP contribution in [0, 0.1) is 0 Å². The third-order valence-corrected chi connectivity index (χ3v) is 6.20. The van der Waals surface area contributed by atoms with Crippen molar-refractivity contribution in [1.29, 1.82) is 0 Å². The summed E-state index contributed by atoms with van der Waals surface area (Å²) in [6, 6.07) is 4.70. The Morgan fingerprint density at radius 2 is 1.86 bits per heavy atom. The number of nitrogens with zero attached hydrogens (tertiary/aromatic N) is 3. The van der Waals surface area contributed by atoms with Crippen LogP contribution in [0.4, 0.5) is 0 Å². The molecule has 1 aromatic carbocycles. The van der Waals surface area contributed by atoms with E-state index in [4.69, 9.17) is 14.2 Å². The number of likely N-dealkylation sites (tertiary alicyclic amines) is 1. The standard InChI is InChI=1S/C22H31N3O3/c1-16(2)25-15-23-13-18(25)14-24-8-6-22(7-9-24)19-12-21(27-4)20(26-3)11-17(19)5-10-28-22/h11-13,15-16H,5-10,14H2,1-4H3. The van der Waals surface area contributed by atoms with Gasteiger partial charge in [-0.2, -0.15) is 0 Å². The number of fused-ring (bicyclic) bond motifs is 2. The first-order valence-electron chi connectivity index (χ1n) is 10.2. The minimum atomic E-state index is -0.206. The number of methoxy groups -OCH3 is 2. The molecule has 4 rings (SSSR count). The zero-order valence-corrected chi connectivity index (χ0v) is 17.4. The molecule has 152 valence electrons. The fourth-order valence-electron chi connectivity index (χ4n) is 4.62. The Labute approximate surface area is 167 Å². The first-order valence-corrected chi connectivity index (χ1v) is 10.2. The highest BCUT2D eigenvalue weighted by molar-refractivity contribution is 5.50. The lowest BCUT2D eigenvalue weighted by Crippen LogP contribution is -2.46. The van der Waals surface area contributed by atoms with Crippen molar-refractivity contribution in [2.24, 2.45) is 0 Å². The fraction of sp³-hybridized carbons (Fsp3) is 0.591. The van der Waals surface area contributed by atoms with E-state index >= 15 is 0 Å². The van der Waals surface area contributed by atoms with E-state index in [9.17, 15) is 0 Å². The molecule has 6 nitrogen and oxygen atoms in total.